The molecule has 1 aliphatic carbocycles. The molecule has 0 saturated carbocycles. The molecular weight excluding hydrogens is 553 g/mol. The van der Waals surface area contributed by atoms with Crippen LogP contribution >= 0.6 is 0 Å². The normalized spacial score (nSPS) is 11.9. The molecule has 0 aliphatic heterocycles. The molecular formula is C46H28. The van der Waals surface area contributed by atoms with Crippen molar-refractivity contribution in [2.24, 2.45) is 0 Å². The molecule has 0 spiro atoms. The highest BCUT2D eigenvalue weighted by Crippen LogP contribution is 2.48. The minimum Gasteiger partial charge on any atom is -0.0616 e. The summed E-state index contributed by atoms with van der Waals surface area (Å²) in [7, 11) is 0. The lowest BCUT2D eigenvalue weighted by Crippen LogP contribution is -1.86. The van der Waals surface area contributed by atoms with Crippen LogP contribution in [0, 0.1) is 0 Å². The first-order valence-corrected chi connectivity index (χ1v) is 16.0. The van der Waals surface area contributed by atoms with Crippen molar-refractivity contribution in [1.82, 2.24) is 0 Å². The zero-order chi connectivity index (χ0) is 30.2. The lowest BCUT2D eigenvalue weighted by molar-refractivity contribution is 1.59. The van der Waals surface area contributed by atoms with Crippen molar-refractivity contribution in [3.05, 3.63) is 170 Å². The van der Waals surface area contributed by atoms with Gasteiger partial charge in [-0.25, -0.2) is 0 Å². The summed E-state index contributed by atoms with van der Waals surface area (Å²) < 4.78 is 0. The molecule has 0 saturated heterocycles. The fourth-order valence-electron chi connectivity index (χ4n) is 7.80. The van der Waals surface area contributed by atoms with E-state index in [0.717, 1.165) is 0 Å². The summed E-state index contributed by atoms with van der Waals surface area (Å²) in [5.41, 5.74) is 12.8. The third-order valence-corrected chi connectivity index (χ3v) is 9.98. The van der Waals surface area contributed by atoms with Crippen molar-refractivity contribution < 1.29 is 0 Å². The summed E-state index contributed by atoms with van der Waals surface area (Å²) in [5.74, 6) is 0. The molecule has 0 radical (unpaired) electrons. The van der Waals surface area contributed by atoms with Gasteiger partial charge in [-0.05, 0) is 123 Å². The summed E-state index contributed by atoms with van der Waals surface area (Å²) in [6.45, 7) is 0. The van der Waals surface area contributed by atoms with Gasteiger partial charge in [0.05, 0.1) is 0 Å². The second kappa shape index (κ2) is 9.76. The van der Waals surface area contributed by atoms with E-state index in [1.54, 1.807) is 0 Å². The molecule has 1 aliphatic rings. The van der Waals surface area contributed by atoms with Crippen LogP contribution in [-0.4, -0.2) is 0 Å². The fraction of sp³-hybridized carbons (Fsp3) is 0. The third-order valence-electron chi connectivity index (χ3n) is 9.98. The van der Waals surface area contributed by atoms with Gasteiger partial charge in [0.1, 0.15) is 0 Å². The first kappa shape index (κ1) is 25.4. The van der Waals surface area contributed by atoms with Gasteiger partial charge in [0.15, 0.2) is 0 Å². The van der Waals surface area contributed by atoms with Crippen molar-refractivity contribution in [1.29, 1.82) is 0 Å². The third kappa shape index (κ3) is 3.74. The van der Waals surface area contributed by atoms with E-state index in [4.69, 9.17) is 0 Å². The van der Waals surface area contributed by atoms with Gasteiger partial charge in [-0.15, -0.1) is 0 Å². The van der Waals surface area contributed by atoms with Crippen molar-refractivity contribution in [3.63, 3.8) is 0 Å². The van der Waals surface area contributed by atoms with Gasteiger partial charge in [0, 0.05) is 0 Å². The van der Waals surface area contributed by atoms with Crippen molar-refractivity contribution in [2.45, 2.75) is 0 Å². The van der Waals surface area contributed by atoms with Gasteiger partial charge >= 0.3 is 0 Å². The van der Waals surface area contributed by atoms with E-state index >= 15 is 0 Å². The second-order valence-corrected chi connectivity index (χ2v) is 12.5. The minimum absolute atomic E-state index is 1.22. The van der Waals surface area contributed by atoms with Gasteiger partial charge in [0.25, 0.3) is 0 Å². The molecule has 0 atom stereocenters. The molecule has 0 amide bonds. The van der Waals surface area contributed by atoms with E-state index in [0.29, 0.717) is 0 Å². The molecule has 0 heterocycles. The Morgan fingerprint density at radius 1 is 0.217 bits per heavy atom. The van der Waals surface area contributed by atoms with Crippen LogP contribution in [0.2, 0.25) is 0 Å². The monoisotopic (exact) mass is 580 g/mol. The van der Waals surface area contributed by atoms with Gasteiger partial charge in [-0.2, -0.15) is 0 Å². The maximum Gasteiger partial charge on any atom is -0.00259 e. The van der Waals surface area contributed by atoms with Crippen LogP contribution in [0.3, 0.4) is 0 Å². The molecule has 0 fully saturated rings. The van der Waals surface area contributed by atoms with E-state index in [9.17, 15) is 0 Å². The Balaban J connectivity index is 1.04. The molecule has 0 unspecified atom stereocenters. The number of hydrogen-bond acceptors (Lipinski definition) is 0. The molecule has 0 aromatic heterocycles. The van der Waals surface area contributed by atoms with Crippen LogP contribution in [0.1, 0.15) is 0 Å². The molecule has 46 heavy (non-hydrogen) atoms. The van der Waals surface area contributed by atoms with Crippen molar-refractivity contribution >= 4 is 43.1 Å². The van der Waals surface area contributed by atoms with Crippen LogP contribution in [0.25, 0.3) is 98.7 Å². The first-order valence-electron chi connectivity index (χ1n) is 16.0. The van der Waals surface area contributed by atoms with Crippen LogP contribution in [0.15, 0.2) is 170 Å². The Morgan fingerprint density at radius 2 is 0.696 bits per heavy atom. The lowest BCUT2D eigenvalue weighted by Gasteiger charge is -2.12. The molecule has 9 aromatic carbocycles. The highest BCUT2D eigenvalue weighted by Gasteiger charge is 2.21. The Hall–Kier alpha value is -5.98. The minimum atomic E-state index is 1.22. The molecule has 10 rings (SSSR count). The smallest absolute Gasteiger partial charge is 0.00259 e. The molecule has 9 aromatic rings. The number of benzene rings is 9. The summed E-state index contributed by atoms with van der Waals surface area (Å²) in [6, 6.07) is 62.7. The van der Waals surface area contributed by atoms with E-state index in [1.165, 1.54) is 98.7 Å². The van der Waals surface area contributed by atoms with E-state index in [1.807, 2.05) is 0 Å². The van der Waals surface area contributed by atoms with Gasteiger partial charge in [-0.1, -0.05) is 146 Å². The first-order chi connectivity index (χ1) is 22.8. The van der Waals surface area contributed by atoms with E-state index in [2.05, 4.69) is 170 Å². The van der Waals surface area contributed by atoms with Gasteiger partial charge in [0.2, 0.25) is 0 Å². The van der Waals surface area contributed by atoms with Gasteiger partial charge in [-0.3, -0.25) is 0 Å². The Kier molecular flexibility index (Phi) is 5.38. The number of hydrogen-bond donors (Lipinski definition) is 0. The summed E-state index contributed by atoms with van der Waals surface area (Å²) in [6.07, 6.45) is 0. The zero-order valence-electron chi connectivity index (χ0n) is 25.2. The lowest BCUT2D eigenvalue weighted by atomic mass is 9.91. The Morgan fingerprint density at radius 3 is 1.37 bits per heavy atom. The molecule has 212 valence electrons. The molecule has 0 bridgehead atoms. The zero-order valence-corrected chi connectivity index (χ0v) is 25.2. The maximum absolute atomic E-state index is 2.38. The van der Waals surface area contributed by atoms with E-state index in [-0.39, 0.29) is 0 Å². The Labute approximate surface area is 267 Å². The van der Waals surface area contributed by atoms with Crippen molar-refractivity contribution in [3.8, 4) is 55.6 Å². The van der Waals surface area contributed by atoms with Gasteiger partial charge < -0.3 is 0 Å². The molecule has 0 heteroatoms. The molecule has 0 N–H and O–H groups in total. The maximum atomic E-state index is 2.38. The average molecular weight is 581 g/mol. The number of fused-ring (bicyclic) bond motifs is 9. The quantitative estimate of drug-likeness (QED) is 0.182. The van der Waals surface area contributed by atoms with Crippen LogP contribution < -0.4 is 0 Å². The fourth-order valence-corrected chi connectivity index (χ4v) is 7.80. The highest BCUT2D eigenvalue weighted by atomic mass is 14.2. The van der Waals surface area contributed by atoms with Crippen LogP contribution in [-0.2, 0) is 0 Å². The van der Waals surface area contributed by atoms with Crippen molar-refractivity contribution in [2.75, 3.05) is 0 Å². The highest BCUT2D eigenvalue weighted by molar-refractivity contribution is 6.25. The second-order valence-electron chi connectivity index (χ2n) is 12.5. The topological polar surface area (TPSA) is 0 Å². The Bertz CT molecular complexity index is 2640. The summed E-state index contributed by atoms with van der Waals surface area (Å²) in [4.78, 5) is 0. The van der Waals surface area contributed by atoms with Crippen LogP contribution in [0.4, 0.5) is 0 Å². The average Bonchev–Trinajstić information content (AvgIpc) is 3.46. The number of rotatable bonds is 3. The largest absolute Gasteiger partial charge is 0.0616 e. The molecule has 0 nitrogen and oxygen atoms in total. The standard InChI is InChI=1S/C46H28/c1-2-14-38-36(12-1)37-13-3-5-16-40(37)44-27-33(23-24-42(38)44)30-21-19-29(20-22-30)31-9-7-10-32(25-31)35-26-34-11-8-18-43-39-15-4-6-17-41(39)45(28-35)46(34)43/h1-28H. The van der Waals surface area contributed by atoms with Crippen LogP contribution in [0.5, 0.6) is 0 Å². The summed E-state index contributed by atoms with van der Waals surface area (Å²) in [5, 5.41) is 10.5. The SMILES string of the molecule is c1cc(-c2ccc(-c3ccc4c5ccccc5c5ccccc5c4c3)cc2)cc(-c2cc3c4c(cccc4c2)-c2ccccc2-3)c1. The summed E-state index contributed by atoms with van der Waals surface area (Å²) >= 11 is 0. The predicted molar refractivity (Wildman–Crippen MR) is 197 cm³/mol. The predicted octanol–water partition coefficient (Wildman–Crippen LogP) is 12.9. The van der Waals surface area contributed by atoms with E-state index < -0.39 is 0 Å².